The minimum atomic E-state index is 0.443. The van der Waals surface area contributed by atoms with E-state index < -0.39 is 0 Å². The van der Waals surface area contributed by atoms with E-state index in [1.165, 1.54) is 5.56 Å². The lowest BCUT2D eigenvalue weighted by atomic mass is 10.1. The van der Waals surface area contributed by atoms with Gasteiger partial charge in [0, 0.05) is 11.7 Å². The SMILES string of the molecule is CCC(CC)Nc1cc(C)nc(Oc2c(C)cc(C)cc2C)c1Br. The lowest BCUT2D eigenvalue weighted by molar-refractivity contribution is 0.451. The van der Waals surface area contributed by atoms with Crippen molar-refractivity contribution < 1.29 is 4.74 Å². The number of hydrogen-bond acceptors (Lipinski definition) is 3. The summed E-state index contributed by atoms with van der Waals surface area (Å²) in [6.45, 7) is 12.6. The molecule has 0 radical (unpaired) electrons. The summed E-state index contributed by atoms with van der Waals surface area (Å²) in [6.07, 6.45) is 2.16. The Labute approximate surface area is 154 Å². The highest BCUT2D eigenvalue weighted by Crippen LogP contribution is 2.37. The maximum atomic E-state index is 6.20. The topological polar surface area (TPSA) is 34.2 Å². The average Bonchev–Trinajstić information content (AvgIpc) is 2.52. The number of rotatable bonds is 6. The number of halogens is 1. The number of ether oxygens (including phenoxy) is 1. The number of nitrogens with one attached hydrogen (secondary N) is 1. The molecular weight excluding hydrogens is 364 g/mol. The van der Waals surface area contributed by atoms with Crippen LogP contribution in [-0.2, 0) is 0 Å². The monoisotopic (exact) mass is 390 g/mol. The minimum absolute atomic E-state index is 0.443. The van der Waals surface area contributed by atoms with Crippen molar-refractivity contribution in [3.05, 3.63) is 45.1 Å². The van der Waals surface area contributed by atoms with E-state index in [1.807, 2.05) is 6.92 Å². The molecule has 0 fully saturated rings. The molecule has 2 rings (SSSR count). The predicted octanol–water partition coefficient (Wildman–Crippen LogP) is 6.47. The van der Waals surface area contributed by atoms with Gasteiger partial charge in [-0.25, -0.2) is 4.98 Å². The van der Waals surface area contributed by atoms with Crippen molar-refractivity contribution in [2.45, 2.75) is 60.4 Å². The zero-order chi connectivity index (χ0) is 17.9. The number of hydrogen-bond donors (Lipinski definition) is 1. The Balaban J connectivity index is 2.39. The molecule has 0 aliphatic carbocycles. The van der Waals surface area contributed by atoms with E-state index in [-0.39, 0.29) is 0 Å². The van der Waals surface area contributed by atoms with Crippen molar-refractivity contribution in [1.29, 1.82) is 0 Å². The van der Waals surface area contributed by atoms with Gasteiger partial charge in [-0.2, -0.15) is 0 Å². The molecule has 1 aromatic carbocycles. The summed E-state index contributed by atoms with van der Waals surface area (Å²) in [6, 6.07) is 6.77. The van der Waals surface area contributed by atoms with Crippen molar-refractivity contribution in [1.82, 2.24) is 4.98 Å². The number of pyridine rings is 1. The van der Waals surface area contributed by atoms with Gasteiger partial charge in [0.05, 0.1) is 5.69 Å². The van der Waals surface area contributed by atoms with E-state index in [0.717, 1.165) is 45.6 Å². The summed E-state index contributed by atoms with van der Waals surface area (Å²) >= 11 is 3.67. The Morgan fingerprint density at radius 2 is 1.62 bits per heavy atom. The zero-order valence-electron chi connectivity index (χ0n) is 15.5. The van der Waals surface area contributed by atoms with Crippen molar-refractivity contribution in [3.8, 4) is 11.6 Å². The van der Waals surface area contributed by atoms with Crippen molar-refractivity contribution >= 4 is 21.6 Å². The Bertz CT molecular complexity index is 701. The Morgan fingerprint density at radius 3 is 2.17 bits per heavy atom. The van der Waals surface area contributed by atoms with Gasteiger partial charge < -0.3 is 10.1 Å². The second kappa shape index (κ2) is 8.02. The molecule has 0 unspecified atom stereocenters. The molecule has 3 nitrogen and oxygen atoms in total. The van der Waals surface area contributed by atoms with Gasteiger partial charge in [0.25, 0.3) is 0 Å². The summed E-state index contributed by atoms with van der Waals surface area (Å²) < 4.78 is 7.07. The highest BCUT2D eigenvalue weighted by Gasteiger charge is 2.15. The Kier molecular flexibility index (Phi) is 6.27. The number of benzene rings is 1. The molecule has 4 heteroatoms. The Morgan fingerprint density at radius 1 is 1.04 bits per heavy atom. The first-order valence-electron chi connectivity index (χ1n) is 8.55. The third kappa shape index (κ3) is 4.29. The van der Waals surface area contributed by atoms with Crippen LogP contribution in [0.3, 0.4) is 0 Å². The van der Waals surface area contributed by atoms with Gasteiger partial charge in [-0.3, -0.25) is 0 Å². The molecule has 1 heterocycles. The van der Waals surface area contributed by atoms with Crippen molar-refractivity contribution in [2.75, 3.05) is 5.32 Å². The molecule has 0 saturated heterocycles. The fraction of sp³-hybridized carbons (Fsp3) is 0.450. The predicted molar refractivity (Wildman–Crippen MR) is 105 cm³/mol. The van der Waals surface area contributed by atoms with Crippen LogP contribution in [0.2, 0.25) is 0 Å². The largest absolute Gasteiger partial charge is 0.437 e. The van der Waals surface area contributed by atoms with Gasteiger partial charge in [-0.05, 0) is 73.7 Å². The van der Waals surface area contributed by atoms with Crippen LogP contribution in [0.4, 0.5) is 5.69 Å². The second-order valence-electron chi connectivity index (χ2n) is 6.42. The molecule has 0 aliphatic rings. The molecular formula is C20H27BrN2O. The van der Waals surface area contributed by atoms with Crippen LogP contribution >= 0.6 is 15.9 Å². The summed E-state index contributed by atoms with van der Waals surface area (Å²) in [5, 5.41) is 3.59. The summed E-state index contributed by atoms with van der Waals surface area (Å²) in [4.78, 5) is 4.58. The van der Waals surface area contributed by atoms with E-state index >= 15 is 0 Å². The average molecular weight is 391 g/mol. The number of aryl methyl sites for hydroxylation is 4. The third-order valence-corrected chi connectivity index (χ3v) is 4.97. The van der Waals surface area contributed by atoms with Gasteiger partial charge in [-0.15, -0.1) is 0 Å². The maximum Gasteiger partial charge on any atom is 0.235 e. The van der Waals surface area contributed by atoms with E-state index in [4.69, 9.17) is 4.74 Å². The molecule has 1 aromatic heterocycles. The standard InChI is InChI=1S/C20H27BrN2O/c1-7-16(8-2)23-17-11-15(6)22-20(18(17)21)24-19-13(4)9-12(3)10-14(19)5/h9-11,16H,7-8H2,1-6H3,(H,22,23). The molecule has 0 saturated carbocycles. The fourth-order valence-corrected chi connectivity index (χ4v) is 3.34. The molecule has 0 atom stereocenters. The van der Waals surface area contributed by atoms with Gasteiger partial charge in [-0.1, -0.05) is 31.5 Å². The molecule has 130 valence electrons. The van der Waals surface area contributed by atoms with Crippen molar-refractivity contribution in [2.24, 2.45) is 0 Å². The van der Waals surface area contributed by atoms with E-state index in [9.17, 15) is 0 Å². The highest BCUT2D eigenvalue weighted by molar-refractivity contribution is 9.10. The van der Waals surface area contributed by atoms with Gasteiger partial charge in [0.1, 0.15) is 10.2 Å². The highest BCUT2D eigenvalue weighted by atomic mass is 79.9. The normalized spacial score (nSPS) is 11.0. The molecule has 1 N–H and O–H groups in total. The molecule has 24 heavy (non-hydrogen) atoms. The van der Waals surface area contributed by atoms with Crippen molar-refractivity contribution in [3.63, 3.8) is 0 Å². The zero-order valence-corrected chi connectivity index (χ0v) is 17.0. The molecule has 0 amide bonds. The Hall–Kier alpha value is -1.55. The van der Waals surface area contributed by atoms with Crippen LogP contribution < -0.4 is 10.1 Å². The van der Waals surface area contributed by atoms with Crippen LogP contribution in [-0.4, -0.2) is 11.0 Å². The fourth-order valence-electron chi connectivity index (χ4n) is 2.94. The van der Waals surface area contributed by atoms with Gasteiger partial charge in [0.15, 0.2) is 0 Å². The van der Waals surface area contributed by atoms with Crippen LogP contribution in [0.1, 0.15) is 49.1 Å². The lowest BCUT2D eigenvalue weighted by Crippen LogP contribution is -2.17. The molecule has 0 aliphatic heterocycles. The second-order valence-corrected chi connectivity index (χ2v) is 7.21. The van der Waals surface area contributed by atoms with E-state index in [2.05, 4.69) is 79.0 Å². The van der Waals surface area contributed by atoms with E-state index in [0.29, 0.717) is 11.9 Å². The number of aromatic nitrogens is 1. The minimum Gasteiger partial charge on any atom is -0.437 e. The van der Waals surface area contributed by atoms with Gasteiger partial charge in [0.2, 0.25) is 5.88 Å². The number of anilines is 1. The smallest absolute Gasteiger partial charge is 0.235 e. The van der Waals surface area contributed by atoms with Crippen LogP contribution in [0.5, 0.6) is 11.6 Å². The number of nitrogens with zero attached hydrogens (tertiary/aromatic N) is 1. The van der Waals surface area contributed by atoms with Crippen LogP contribution in [0.25, 0.3) is 0 Å². The molecule has 0 spiro atoms. The van der Waals surface area contributed by atoms with Crippen LogP contribution in [0.15, 0.2) is 22.7 Å². The third-order valence-electron chi connectivity index (χ3n) is 4.20. The lowest BCUT2D eigenvalue weighted by Gasteiger charge is -2.20. The quantitative estimate of drug-likeness (QED) is 0.613. The van der Waals surface area contributed by atoms with E-state index in [1.54, 1.807) is 0 Å². The first-order chi connectivity index (χ1) is 11.3. The summed E-state index contributed by atoms with van der Waals surface area (Å²) in [5.74, 6) is 1.49. The first kappa shape index (κ1) is 18.8. The maximum absolute atomic E-state index is 6.20. The molecule has 0 bridgehead atoms. The summed E-state index contributed by atoms with van der Waals surface area (Å²) in [7, 11) is 0. The first-order valence-corrected chi connectivity index (χ1v) is 9.34. The van der Waals surface area contributed by atoms with Gasteiger partial charge >= 0.3 is 0 Å². The summed E-state index contributed by atoms with van der Waals surface area (Å²) in [5.41, 5.74) is 5.46. The van der Waals surface area contributed by atoms with Crippen LogP contribution in [0, 0.1) is 27.7 Å². The molecule has 2 aromatic rings.